The molecule has 1 atom stereocenters. The van der Waals surface area contributed by atoms with E-state index in [4.69, 9.17) is 9.47 Å². The molecule has 100 valence electrons. The number of hydrogen-bond donors (Lipinski definition) is 0. The molecule has 2 aliphatic rings. The first-order chi connectivity index (χ1) is 9.17. The summed E-state index contributed by atoms with van der Waals surface area (Å²) in [7, 11) is 0. The Morgan fingerprint density at radius 2 is 2.16 bits per heavy atom. The molecular weight excluding hydrogens is 395 g/mol. The molecule has 19 heavy (non-hydrogen) atoms. The Balaban J connectivity index is 1.58. The highest BCUT2D eigenvalue weighted by atomic mass is 127. The van der Waals surface area contributed by atoms with Gasteiger partial charge in [0.1, 0.15) is 18.1 Å². The Morgan fingerprint density at radius 1 is 1.42 bits per heavy atom. The van der Waals surface area contributed by atoms with Gasteiger partial charge in [-0.05, 0) is 47.6 Å². The lowest BCUT2D eigenvalue weighted by atomic mass is 10.1. The molecule has 6 heteroatoms. The highest BCUT2D eigenvalue weighted by molar-refractivity contribution is 14.1. The third-order valence-corrected chi connectivity index (χ3v) is 6.85. The summed E-state index contributed by atoms with van der Waals surface area (Å²) in [6.07, 6.45) is 1.98. The monoisotopic (exact) mass is 406 g/mol. The molecule has 0 spiro atoms. The molecule has 1 aliphatic heterocycles. The molecule has 0 bridgehead atoms. The number of rotatable bonds is 4. The van der Waals surface area contributed by atoms with Gasteiger partial charge in [0, 0.05) is 14.3 Å². The summed E-state index contributed by atoms with van der Waals surface area (Å²) in [6.45, 7) is 1.14. The fourth-order valence-corrected chi connectivity index (χ4v) is 5.78. The van der Waals surface area contributed by atoms with Gasteiger partial charge in [-0.25, -0.2) is 0 Å². The molecule has 3 nitrogen and oxygen atoms in total. The van der Waals surface area contributed by atoms with Gasteiger partial charge in [-0.1, -0.05) is 0 Å². The quantitative estimate of drug-likeness (QED) is 0.443. The molecule has 2 aromatic rings. The van der Waals surface area contributed by atoms with Crippen LogP contribution in [-0.4, -0.2) is 25.3 Å². The average molecular weight is 406 g/mol. The zero-order valence-corrected chi connectivity index (χ0v) is 13.8. The van der Waals surface area contributed by atoms with Crippen LogP contribution in [0.4, 0.5) is 0 Å². The van der Waals surface area contributed by atoms with E-state index in [2.05, 4.69) is 34.7 Å². The predicted molar refractivity (Wildman–Crippen MR) is 84.0 cm³/mol. The summed E-state index contributed by atoms with van der Waals surface area (Å²) < 4.78 is 14.3. The third kappa shape index (κ3) is 2.22. The van der Waals surface area contributed by atoms with E-state index in [1.54, 1.807) is 22.7 Å². The van der Waals surface area contributed by atoms with E-state index >= 15 is 0 Å². The Labute approximate surface area is 132 Å². The van der Waals surface area contributed by atoms with E-state index in [0.29, 0.717) is 6.61 Å². The van der Waals surface area contributed by atoms with Crippen molar-refractivity contribution >= 4 is 60.6 Å². The second-order valence-corrected chi connectivity index (χ2v) is 9.09. The van der Waals surface area contributed by atoms with Crippen molar-refractivity contribution in [3.8, 4) is 0 Å². The van der Waals surface area contributed by atoms with Crippen molar-refractivity contribution in [1.29, 1.82) is 0 Å². The summed E-state index contributed by atoms with van der Waals surface area (Å²) in [5, 5.41) is 0. The highest BCUT2D eigenvalue weighted by Crippen LogP contribution is 2.53. The van der Waals surface area contributed by atoms with Gasteiger partial charge in [0.25, 0.3) is 0 Å². The van der Waals surface area contributed by atoms with Gasteiger partial charge in [0.2, 0.25) is 0 Å². The van der Waals surface area contributed by atoms with E-state index in [9.17, 15) is 4.79 Å². The normalized spacial score (nSPS) is 23.5. The van der Waals surface area contributed by atoms with Crippen LogP contribution in [0, 0.1) is 2.88 Å². The van der Waals surface area contributed by atoms with Crippen LogP contribution < -0.4 is 0 Å². The van der Waals surface area contributed by atoms with E-state index < -0.39 is 0 Å². The lowest BCUT2D eigenvalue weighted by molar-refractivity contribution is -0.147. The minimum absolute atomic E-state index is 0.0633. The minimum atomic E-state index is -0.344. The number of carbonyl (C=O) groups excluding carboxylic acids is 1. The van der Waals surface area contributed by atoms with Gasteiger partial charge in [0.15, 0.2) is 0 Å². The van der Waals surface area contributed by atoms with Crippen LogP contribution in [-0.2, 0) is 19.7 Å². The van der Waals surface area contributed by atoms with Crippen LogP contribution in [0.2, 0.25) is 0 Å². The molecule has 1 aliphatic carbocycles. The molecule has 3 heterocycles. The maximum atomic E-state index is 12.3. The zero-order chi connectivity index (χ0) is 13.0. The molecular formula is C13H11IO3S2. The van der Waals surface area contributed by atoms with E-state index in [1.165, 1.54) is 17.2 Å². The predicted octanol–water partition coefficient (Wildman–Crippen LogP) is 3.54. The maximum absolute atomic E-state index is 12.3. The summed E-state index contributed by atoms with van der Waals surface area (Å²) >= 11 is 5.86. The Morgan fingerprint density at radius 3 is 2.79 bits per heavy atom. The summed E-state index contributed by atoms with van der Waals surface area (Å²) in [5.74, 6) is -0.0633. The van der Waals surface area contributed by atoms with Crippen molar-refractivity contribution in [3.05, 3.63) is 19.9 Å². The molecule has 1 saturated carbocycles. The maximum Gasteiger partial charge on any atom is 0.317 e. The van der Waals surface area contributed by atoms with Crippen LogP contribution in [0.5, 0.6) is 0 Å². The van der Waals surface area contributed by atoms with Crippen molar-refractivity contribution in [2.75, 3.05) is 13.2 Å². The van der Waals surface area contributed by atoms with Crippen LogP contribution in [0.25, 0.3) is 9.40 Å². The summed E-state index contributed by atoms with van der Waals surface area (Å²) in [5.41, 5.74) is -0.344. The molecule has 2 fully saturated rings. The zero-order valence-electron chi connectivity index (χ0n) is 9.98. The SMILES string of the molecule is O=C(OCC1CO1)C1(c2cc3sc(I)cc3s2)CC1. The molecule has 2 aromatic heterocycles. The van der Waals surface area contributed by atoms with Gasteiger partial charge in [0.05, 0.1) is 9.49 Å². The van der Waals surface area contributed by atoms with Crippen LogP contribution >= 0.6 is 45.3 Å². The number of hydrogen-bond acceptors (Lipinski definition) is 5. The highest BCUT2D eigenvalue weighted by Gasteiger charge is 2.54. The smallest absolute Gasteiger partial charge is 0.317 e. The fourth-order valence-electron chi connectivity index (χ4n) is 2.19. The van der Waals surface area contributed by atoms with Crippen molar-refractivity contribution in [2.24, 2.45) is 0 Å². The number of esters is 1. The van der Waals surface area contributed by atoms with Crippen LogP contribution in [0.1, 0.15) is 17.7 Å². The van der Waals surface area contributed by atoms with Crippen LogP contribution in [0.15, 0.2) is 12.1 Å². The standard InChI is InChI=1S/C13H11IO3S2/c14-11-4-9-8(19-11)3-10(18-9)13(1-2-13)12(15)17-6-7-5-16-7/h3-4,7H,1-2,5-6H2. The third-order valence-electron chi connectivity index (χ3n) is 3.59. The summed E-state index contributed by atoms with van der Waals surface area (Å²) in [4.78, 5) is 13.4. The van der Waals surface area contributed by atoms with Gasteiger partial charge >= 0.3 is 5.97 Å². The average Bonchev–Trinajstić information content (AvgIpc) is 3.27. The fraction of sp³-hybridized carbons (Fsp3) is 0.462. The molecule has 0 N–H and O–H groups in total. The Hall–Kier alpha value is -0.180. The molecule has 0 amide bonds. The number of epoxide rings is 1. The molecule has 1 saturated heterocycles. The topological polar surface area (TPSA) is 38.8 Å². The van der Waals surface area contributed by atoms with Crippen molar-refractivity contribution < 1.29 is 14.3 Å². The van der Waals surface area contributed by atoms with Crippen molar-refractivity contribution in [3.63, 3.8) is 0 Å². The Kier molecular flexibility index (Phi) is 2.91. The lowest BCUT2D eigenvalue weighted by Crippen LogP contribution is -2.23. The van der Waals surface area contributed by atoms with Gasteiger partial charge < -0.3 is 9.47 Å². The van der Waals surface area contributed by atoms with E-state index in [-0.39, 0.29) is 17.5 Å². The van der Waals surface area contributed by atoms with Crippen molar-refractivity contribution in [1.82, 2.24) is 0 Å². The first-order valence-electron chi connectivity index (χ1n) is 6.16. The second-order valence-electron chi connectivity index (χ2n) is 5.03. The minimum Gasteiger partial charge on any atom is -0.462 e. The van der Waals surface area contributed by atoms with Gasteiger partial charge in [-0.15, -0.1) is 22.7 Å². The van der Waals surface area contributed by atoms with E-state index in [1.807, 2.05) is 0 Å². The second kappa shape index (κ2) is 4.41. The number of carbonyl (C=O) groups is 1. The molecule has 4 rings (SSSR count). The van der Waals surface area contributed by atoms with Gasteiger partial charge in [-0.3, -0.25) is 4.79 Å². The molecule has 0 radical (unpaired) electrons. The summed E-state index contributed by atoms with van der Waals surface area (Å²) in [6, 6.07) is 4.36. The largest absolute Gasteiger partial charge is 0.462 e. The van der Waals surface area contributed by atoms with Crippen LogP contribution in [0.3, 0.4) is 0 Å². The number of fused-ring (bicyclic) bond motifs is 1. The lowest BCUT2D eigenvalue weighted by Gasteiger charge is -2.11. The number of ether oxygens (including phenoxy) is 2. The number of thiophene rings is 2. The van der Waals surface area contributed by atoms with Crippen molar-refractivity contribution in [2.45, 2.75) is 24.4 Å². The first-order valence-corrected chi connectivity index (χ1v) is 8.87. The molecule has 0 aromatic carbocycles. The Bertz CT molecular complexity index is 620. The van der Waals surface area contributed by atoms with E-state index in [0.717, 1.165) is 19.4 Å². The number of halogens is 1. The molecule has 1 unspecified atom stereocenters. The first kappa shape index (κ1) is 12.6. The van der Waals surface area contributed by atoms with Gasteiger partial charge in [-0.2, -0.15) is 0 Å².